The fraction of sp³-hybridized carbons (Fsp3) is 0.353. The van der Waals surface area contributed by atoms with Gasteiger partial charge in [-0.3, -0.25) is 0 Å². The lowest BCUT2D eigenvalue weighted by Gasteiger charge is -2.22. The van der Waals surface area contributed by atoms with Gasteiger partial charge in [-0.15, -0.1) is 11.3 Å². The summed E-state index contributed by atoms with van der Waals surface area (Å²) < 4.78 is 5.60. The molecule has 2 amide bonds. The molecule has 1 unspecified atom stereocenters. The highest BCUT2D eigenvalue weighted by molar-refractivity contribution is 7.10. The molecular weight excluding hydrogens is 312 g/mol. The first-order valence-electron chi connectivity index (χ1n) is 7.45. The van der Waals surface area contributed by atoms with Crippen LogP contribution in [0.25, 0.3) is 0 Å². The predicted octanol–water partition coefficient (Wildman–Crippen LogP) is 2.64. The summed E-state index contributed by atoms with van der Waals surface area (Å²) in [5, 5.41) is 17.6. The van der Waals surface area contributed by atoms with Crippen molar-refractivity contribution in [2.45, 2.75) is 19.4 Å². The Kier molecular flexibility index (Phi) is 6.01. The maximum absolute atomic E-state index is 11.8. The number of hydrogen-bond acceptors (Lipinski definition) is 4. The molecule has 0 bridgehead atoms. The average Bonchev–Trinajstić information content (AvgIpc) is 3.06. The molecule has 5 nitrogen and oxygen atoms in total. The molecule has 1 atom stereocenters. The van der Waals surface area contributed by atoms with E-state index in [4.69, 9.17) is 4.74 Å². The van der Waals surface area contributed by atoms with Crippen LogP contribution in [0.5, 0.6) is 5.75 Å². The number of ether oxygens (including phenoxy) is 1. The number of nitrogens with one attached hydrogen (secondary N) is 2. The Balaban J connectivity index is 1.67. The third kappa shape index (κ3) is 5.26. The Labute approximate surface area is 140 Å². The van der Waals surface area contributed by atoms with E-state index >= 15 is 0 Å². The highest BCUT2D eigenvalue weighted by Gasteiger charge is 2.24. The number of rotatable bonds is 7. The van der Waals surface area contributed by atoms with E-state index < -0.39 is 5.60 Å². The van der Waals surface area contributed by atoms with Crippen molar-refractivity contribution in [2.75, 3.05) is 19.7 Å². The monoisotopic (exact) mass is 334 g/mol. The molecule has 0 fully saturated rings. The Morgan fingerprint density at radius 2 is 2.04 bits per heavy atom. The summed E-state index contributed by atoms with van der Waals surface area (Å²) in [6, 6.07) is 11.1. The van der Waals surface area contributed by atoms with Crippen LogP contribution >= 0.6 is 11.3 Å². The number of amides is 2. The van der Waals surface area contributed by atoms with E-state index in [1.54, 1.807) is 6.92 Å². The van der Waals surface area contributed by atoms with E-state index in [9.17, 15) is 9.90 Å². The fourth-order valence-electron chi connectivity index (χ4n) is 2.03. The highest BCUT2D eigenvalue weighted by Crippen LogP contribution is 2.24. The van der Waals surface area contributed by atoms with Crippen molar-refractivity contribution >= 4 is 17.4 Å². The number of carbonyl (C=O) groups excluding carboxylic acids is 1. The molecule has 2 aromatic rings. The molecule has 2 rings (SSSR count). The molecule has 1 aromatic heterocycles. The maximum Gasteiger partial charge on any atom is 0.315 e. The Hall–Kier alpha value is -2.05. The van der Waals surface area contributed by atoms with E-state index in [0.717, 1.165) is 16.2 Å². The number of hydrogen-bond donors (Lipinski definition) is 3. The van der Waals surface area contributed by atoms with Crippen LogP contribution in [-0.2, 0) is 5.60 Å². The van der Waals surface area contributed by atoms with Crippen LogP contribution in [0.1, 0.15) is 17.4 Å². The molecule has 0 aliphatic rings. The molecule has 0 aliphatic heterocycles. The number of thiophene rings is 1. The zero-order chi connectivity index (χ0) is 16.7. The first kappa shape index (κ1) is 17.3. The summed E-state index contributed by atoms with van der Waals surface area (Å²) in [4.78, 5) is 12.6. The highest BCUT2D eigenvalue weighted by atomic mass is 32.1. The lowest BCUT2D eigenvalue weighted by atomic mass is 10.1. The largest absolute Gasteiger partial charge is 0.491 e. The average molecular weight is 334 g/mol. The van der Waals surface area contributed by atoms with Crippen molar-refractivity contribution in [3.63, 3.8) is 0 Å². The fourth-order valence-corrected chi connectivity index (χ4v) is 2.82. The molecule has 0 saturated heterocycles. The summed E-state index contributed by atoms with van der Waals surface area (Å²) >= 11 is 1.46. The maximum atomic E-state index is 11.8. The molecule has 0 spiro atoms. The molecule has 0 aliphatic carbocycles. The van der Waals surface area contributed by atoms with Gasteiger partial charge in [-0.2, -0.15) is 0 Å². The second-order valence-electron chi connectivity index (χ2n) is 5.47. The summed E-state index contributed by atoms with van der Waals surface area (Å²) in [5.41, 5.74) is -0.00710. The zero-order valence-corrected chi connectivity index (χ0v) is 14.2. The standard InChI is InChI=1S/C17H22N2O3S/c1-13-6-3-4-7-14(13)22-10-9-18-16(20)19-12-17(2,21)15-8-5-11-23-15/h3-8,11,21H,9-10,12H2,1-2H3,(H2,18,19,20). The van der Waals surface area contributed by atoms with E-state index in [2.05, 4.69) is 10.6 Å². The summed E-state index contributed by atoms with van der Waals surface area (Å²) in [6.07, 6.45) is 0. The van der Waals surface area contributed by atoms with Gasteiger partial charge in [0.05, 0.1) is 13.1 Å². The van der Waals surface area contributed by atoms with Crippen molar-refractivity contribution < 1.29 is 14.6 Å². The van der Waals surface area contributed by atoms with Crippen molar-refractivity contribution in [2.24, 2.45) is 0 Å². The van der Waals surface area contributed by atoms with E-state index in [1.807, 2.05) is 48.7 Å². The Morgan fingerprint density at radius 3 is 2.74 bits per heavy atom. The minimum atomic E-state index is -1.07. The van der Waals surface area contributed by atoms with Crippen molar-refractivity contribution in [3.05, 3.63) is 52.2 Å². The molecular formula is C17H22N2O3S. The van der Waals surface area contributed by atoms with Gasteiger partial charge in [-0.05, 0) is 36.9 Å². The summed E-state index contributed by atoms with van der Waals surface area (Å²) in [6.45, 7) is 4.58. The minimum absolute atomic E-state index is 0.151. The smallest absolute Gasteiger partial charge is 0.315 e. The number of para-hydroxylation sites is 1. The topological polar surface area (TPSA) is 70.6 Å². The number of aliphatic hydroxyl groups is 1. The second kappa shape index (κ2) is 7.99. The second-order valence-corrected chi connectivity index (χ2v) is 6.42. The van der Waals surface area contributed by atoms with Crippen LogP contribution in [-0.4, -0.2) is 30.8 Å². The van der Waals surface area contributed by atoms with E-state index in [0.29, 0.717) is 13.2 Å². The molecule has 0 saturated carbocycles. The van der Waals surface area contributed by atoms with Crippen molar-refractivity contribution in [1.82, 2.24) is 10.6 Å². The van der Waals surface area contributed by atoms with Crippen molar-refractivity contribution in [3.8, 4) is 5.75 Å². The molecule has 0 radical (unpaired) electrons. The van der Waals surface area contributed by atoms with Crippen LogP contribution in [0.3, 0.4) is 0 Å². The molecule has 1 heterocycles. The predicted molar refractivity (Wildman–Crippen MR) is 92.0 cm³/mol. The molecule has 1 aromatic carbocycles. The first-order chi connectivity index (χ1) is 11.0. The van der Waals surface area contributed by atoms with Gasteiger partial charge in [0.25, 0.3) is 0 Å². The van der Waals surface area contributed by atoms with Crippen LogP contribution < -0.4 is 15.4 Å². The number of carbonyl (C=O) groups is 1. The van der Waals surface area contributed by atoms with E-state index in [-0.39, 0.29) is 12.6 Å². The van der Waals surface area contributed by atoms with Gasteiger partial charge in [0.1, 0.15) is 18.0 Å². The molecule has 3 N–H and O–H groups in total. The normalized spacial score (nSPS) is 13.2. The number of urea groups is 1. The number of benzene rings is 1. The van der Waals surface area contributed by atoms with Gasteiger partial charge in [0.2, 0.25) is 0 Å². The van der Waals surface area contributed by atoms with Crippen molar-refractivity contribution in [1.29, 1.82) is 0 Å². The van der Waals surface area contributed by atoms with Gasteiger partial charge >= 0.3 is 6.03 Å². The third-order valence-corrected chi connectivity index (χ3v) is 4.51. The lowest BCUT2D eigenvalue weighted by Crippen LogP contribution is -2.44. The minimum Gasteiger partial charge on any atom is -0.491 e. The van der Waals surface area contributed by atoms with Gasteiger partial charge in [0, 0.05) is 4.88 Å². The Morgan fingerprint density at radius 1 is 1.26 bits per heavy atom. The quantitative estimate of drug-likeness (QED) is 0.682. The number of aryl methyl sites for hydroxylation is 1. The van der Waals surface area contributed by atoms with Gasteiger partial charge in [-0.25, -0.2) is 4.79 Å². The van der Waals surface area contributed by atoms with Gasteiger partial charge in [0.15, 0.2) is 0 Å². The van der Waals surface area contributed by atoms with Crippen LogP contribution in [0.2, 0.25) is 0 Å². The molecule has 124 valence electrons. The zero-order valence-electron chi connectivity index (χ0n) is 13.3. The Bertz CT molecular complexity index is 627. The summed E-state index contributed by atoms with van der Waals surface area (Å²) in [7, 11) is 0. The van der Waals surface area contributed by atoms with Crippen LogP contribution in [0, 0.1) is 6.92 Å². The van der Waals surface area contributed by atoms with Gasteiger partial charge in [-0.1, -0.05) is 24.3 Å². The third-order valence-electron chi connectivity index (χ3n) is 3.38. The van der Waals surface area contributed by atoms with E-state index in [1.165, 1.54) is 11.3 Å². The first-order valence-corrected chi connectivity index (χ1v) is 8.33. The SMILES string of the molecule is Cc1ccccc1OCCNC(=O)NCC(C)(O)c1cccs1. The van der Waals surface area contributed by atoms with Crippen LogP contribution in [0.15, 0.2) is 41.8 Å². The van der Waals surface area contributed by atoms with Gasteiger partial charge < -0.3 is 20.5 Å². The lowest BCUT2D eigenvalue weighted by molar-refractivity contribution is 0.0631. The summed E-state index contributed by atoms with van der Waals surface area (Å²) in [5.74, 6) is 0.815. The molecule has 6 heteroatoms. The van der Waals surface area contributed by atoms with Crippen LogP contribution in [0.4, 0.5) is 4.79 Å². The molecule has 23 heavy (non-hydrogen) atoms.